The lowest BCUT2D eigenvalue weighted by molar-refractivity contribution is -0.113. The molecule has 0 aromatic carbocycles. The molecule has 0 spiro atoms. The van der Waals surface area contributed by atoms with Crippen molar-refractivity contribution >= 4 is 22.0 Å². The van der Waals surface area contributed by atoms with Crippen LogP contribution in [-0.2, 0) is 9.59 Å². The second-order valence-corrected chi connectivity index (χ2v) is 4.88. The van der Waals surface area contributed by atoms with E-state index in [4.69, 9.17) is 0 Å². The maximum Gasteiger partial charge on any atom is 0.196 e. The molecule has 0 heterocycles. The summed E-state index contributed by atoms with van der Waals surface area (Å²) in [5, 5.41) is 0.0925. The first-order valence-corrected chi connectivity index (χ1v) is 6.75. The summed E-state index contributed by atoms with van der Waals surface area (Å²) in [4.78, 5) is 22.6. The van der Waals surface area contributed by atoms with Crippen molar-refractivity contribution in [3.63, 3.8) is 0 Å². The Morgan fingerprint density at radius 1 is 0.800 bits per heavy atom. The maximum absolute atomic E-state index is 11.3. The fourth-order valence-corrected chi connectivity index (χ4v) is 2.01. The fourth-order valence-electron chi connectivity index (χ4n) is 1.27. The molecule has 0 saturated heterocycles. The Morgan fingerprint density at radius 2 is 1.20 bits per heavy atom. The molecule has 0 saturated carbocycles. The molecule has 0 aromatic rings. The minimum absolute atomic E-state index is 0.0462. The van der Waals surface area contributed by atoms with Gasteiger partial charge in [-0.25, -0.2) is 0 Å². The number of thioether (sulfide) groups is 1. The van der Waals surface area contributed by atoms with E-state index in [1.54, 1.807) is 0 Å². The number of hydrogen-bond acceptors (Lipinski definition) is 3. The first-order chi connectivity index (χ1) is 7.20. The van der Waals surface area contributed by atoms with Gasteiger partial charge in [-0.2, -0.15) is 0 Å². The van der Waals surface area contributed by atoms with Crippen molar-refractivity contribution in [2.45, 2.75) is 65.2 Å². The predicted octanol–water partition coefficient (Wildman–Crippen LogP) is 3.93. The summed E-state index contributed by atoms with van der Waals surface area (Å²) in [5.41, 5.74) is 0. The van der Waals surface area contributed by atoms with Crippen molar-refractivity contribution in [3.05, 3.63) is 0 Å². The van der Waals surface area contributed by atoms with E-state index in [2.05, 4.69) is 13.8 Å². The van der Waals surface area contributed by atoms with Crippen molar-refractivity contribution in [1.29, 1.82) is 0 Å². The Hall–Kier alpha value is -0.310. The zero-order valence-corrected chi connectivity index (χ0v) is 10.7. The molecule has 2 nitrogen and oxygen atoms in total. The lowest BCUT2D eigenvalue weighted by Crippen LogP contribution is -1.99. The van der Waals surface area contributed by atoms with E-state index in [1.165, 1.54) is 0 Å². The summed E-state index contributed by atoms with van der Waals surface area (Å²) in [7, 11) is 0. The monoisotopic (exact) mass is 230 g/mol. The highest BCUT2D eigenvalue weighted by molar-refractivity contribution is 8.26. The topological polar surface area (TPSA) is 34.1 Å². The molecule has 0 aromatic heterocycles. The molecule has 3 heteroatoms. The molecule has 0 N–H and O–H groups in total. The molecule has 15 heavy (non-hydrogen) atoms. The summed E-state index contributed by atoms with van der Waals surface area (Å²) in [6.45, 7) is 4.21. The Balaban J connectivity index is 3.45. The molecular formula is C12H22O2S. The van der Waals surface area contributed by atoms with Crippen LogP contribution in [0, 0.1) is 0 Å². The van der Waals surface area contributed by atoms with Gasteiger partial charge in [0.15, 0.2) is 10.2 Å². The molecule has 0 fully saturated rings. The van der Waals surface area contributed by atoms with E-state index < -0.39 is 0 Å². The van der Waals surface area contributed by atoms with E-state index in [-0.39, 0.29) is 10.2 Å². The summed E-state index contributed by atoms with van der Waals surface area (Å²) in [6.07, 6.45) is 7.34. The van der Waals surface area contributed by atoms with Gasteiger partial charge >= 0.3 is 0 Å². The van der Waals surface area contributed by atoms with Crippen LogP contribution in [0.1, 0.15) is 65.2 Å². The lowest BCUT2D eigenvalue weighted by Gasteiger charge is -1.99. The average molecular weight is 230 g/mol. The smallest absolute Gasteiger partial charge is 0.196 e. The van der Waals surface area contributed by atoms with Crippen LogP contribution in [0.5, 0.6) is 0 Å². The minimum atomic E-state index is 0.0462. The van der Waals surface area contributed by atoms with Gasteiger partial charge in [0.05, 0.1) is 0 Å². The third-order valence-corrected chi connectivity index (χ3v) is 3.06. The van der Waals surface area contributed by atoms with Gasteiger partial charge in [-0.1, -0.05) is 39.5 Å². The fraction of sp³-hybridized carbons (Fsp3) is 0.833. The quantitative estimate of drug-likeness (QED) is 0.592. The van der Waals surface area contributed by atoms with Crippen LogP contribution in [0.25, 0.3) is 0 Å². The highest BCUT2D eigenvalue weighted by Crippen LogP contribution is 2.14. The predicted molar refractivity (Wildman–Crippen MR) is 65.9 cm³/mol. The largest absolute Gasteiger partial charge is 0.287 e. The van der Waals surface area contributed by atoms with Crippen LogP contribution in [0.15, 0.2) is 0 Å². The molecule has 88 valence electrons. The summed E-state index contributed by atoms with van der Waals surface area (Å²) >= 11 is 0.923. The molecule has 0 amide bonds. The van der Waals surface area contributed by atoms with Gasteiger partial charge in [0, 0.05) is 12.8 Å². The first kappa shape index (κ1) is 14.7. The zero-order valence-electron chi connectivity index (χ0n) is 9.88. The van der Waals surface area contributed by atoms with E-state index in [0.717, 1.165) is 50.3 Å². The van der Waals surface area contributed by atoms with Gasteiger partial charge in [-0.05, 0) is 24.6 Å². The number of carbonyl (C=O) groups excluding carboxylic acids is 2. The summed E-state index contributed by atoms with van der Waals surface area (Å²) in [6, 6.07) is 0. The van der Waals surface area contributed by atoms with Crippen LogP contribution >= 0.6 is 11.8 Å². The zero-order chi connectivity index (χ0) is 11.5. The highest BCUT2D eigenvalue weighted by atomic mass is 32.2. The van der Waals surface area contributed by atoms with Crippen molar-refractivity contribution in [2.75, 3.05) is 0 Å². The van der Waals surface area contributed by atoms with Crippen LogP contribution in [0.2, 0.25) is 0 Å². The van der Waals surface area contributed by atoms with Gasteiger partial charge in [0.2, 0.25) is 0 Å². The normalized spacial score (nSPS) is 10.3. The van der Waals surface area contributed by atoms with Crippen LogP contribution in [0.4, 0.5) is 0 Å². The molecule has 0 radical (unpaired) electrons. The van der Waals surface area contributed by atoms with E-state index >= 15 is 0 Å². The van der Waals surface area contributed by atoms with Crippen molar-refractivity contribution in [1.82, 2.24) is 0 Å². The molecule has 0 aliphatic carbocycles. The number of unbranched alkanes of at least 4 members (excludes halogenated alkanes) is 4. The number of hydrogen-bond donors (Lipinski definition) is 0. The van der Waals surface area contributed by atoms with Gasteiger partial charge in [-0.3, -0.25) is 9.59 Å². The van der Waals surface area contributed by atoms with Gasteiger partial charge < -0.3 is 0 Å². The number of rotatable bonds is 8. The second-order valence-electron chi connectivity index (χ2n) is 3.76. The Bertz CT molecular complexity index is 170. The van der Waals surface area contributed by atoms with E-state index in [0.29, 0.717) is 12.8 Å². The Kier molecular flexibility index (Phi) is 10.0. The number of carbonyl (C=O) groups is 2. The highest BCUT2D eigenvalue weighted by Gasteiger charge is 2.09. The molecule has 0 atom stereocenters. The second kappa shape index (κ2) is 10.2. The molecule has 0 aliphatic heterocycles. The van der Waals surface area contributed by atoms with Crippen molar-refractivity contribution in [2.24, 2.45) is 0 Å². The van der Waals surface area contributed by atoms with Crippen LogP contribution < -0.4 is 0 Å². The van der Waals surface area contributed by atoms with E-state index in [1.807, 2.05) is 0 Å². The van der Waals surface area contributed by atoms with Crippen LogP contribution in [0.3, 0.4) is 0 Å². The SMILES string of the molecule is CCCCCC(=O)SC(=O)CCCCC. The molecular weight excluding hydrogens is 208 g/mol. The standard InChI is InChI=1S/C12H22O2S/c1-3-5-7-9-11(13)15-12(14)10-8-6-4-2/h3-10H2,1-2H3. The minimum Gasteiger partial charge on any atom is -0.287 e. The Labute approximate surface area is 97.2 Å². The first-order valence-electron chi connectivity index (χ1n) is 5.94. The van der Waals surface area contributed by atoms with Gasteiger partial charge in [0.25, 0.3) is 0 Å². The molecule has 0 unspecified atom stereocenters. The molecule has 0 aliphatic rings. The summed E-state index contributed by atoms with van der Waals surface area (Å²) in [5.74, 6) is 0. The van der Waals surface area contributed by atoms with Crippen molar-refractivity contribution in [3.8, 4) is 0 Å². The summed E-state index contributed by atoms with van der Waals surface area (Å²) < 4.78 is 0. The third-order valence-electron chi connectivity index (χ3n) is 2.20. The average Bonchev–Trinajstić information content (AvgIpc) is 2.18. The third kappa shape index (κ3) is 9.98. The maximum atomic E-state index is 11.3. The molecule has 0 rings (SSSR count). The van der Waals surface area contributed by atoms with Crippen molar-refractivity contribution < 1.29 is 9.59 Å². The van der Waals surface area contributed by atoms with E-state index in [9.17, 15) is 9.59 Å². The Morgan fingerprint density at radius 3 is 1.53 bits per heavy atom. The lowest BCUT2D eigenvalue weighted by atomic mass is 10.2. The van der Waals surface area contributed by atoms with Crippen LogP contribution in [-0.4, -0.2) is 10.2 Å². The molecule has 0 bridgehead atoms. The van der Waals surface area contributed by atoms with Gasteiger partial charge in [0.1, 0.15) is 0 Å². The van der Waals surface area contributed by atoms with Gasteiger partial charge in [-0.15, -0.1) is 0 Å².